The highest BCUT2D eigenvalue weighted by Crippen LogP contribution is 2.29. The molecule has 2 aliphatic rings. The van der Waals surface area contributed by atoms with Crippen molar-refractivity contribution in [2.45, 2.75) is 29.9 Å². The summed E-state index contributed by atoms with van der Waals surface area (Å²) < 4.78 is 5.17. The number of carbonyl (C=O) groups excluding carboxylic acids is 2. The standard InChI is InChI=1S/C17H25N3O4S3/c1-2-25-7-12-5-14(19-24-12)16(23)18-17(11-21)9-20(10-17)15(22)6-13-8-26-3-4-27-13/h5,13,21H,2-4,6-11H2,1H3,(H,18,23). The van der Waals surface area contributed by atoms with Gasteiger partial charge >= 0.3 is 0 Å². The van der Waals surface area contributed by atoms with Crippen molar-refractivity contribution in [3.05, 3.63) is 17.5 Å². The zero-order valence-corrected chi connectivity index (χ0v) is 17.8. The van der Waals surface area contributed by atoms with Crippen molar-refractivity contribution >= 4 is 47.1 Å². The summed E-state index contributed by atoms with van der Waals surface area (Å²) >= 11 is 5.43. The van der Waals surface area contributed by atoms with Crippen LogP contribution >= 0.6 is 35.3 Å². The van der Waals surface area contributed by atoms with Crippen LogP contribution in [-0.4, -0.2) is 80.5 Å². The number of aliphatic hydroxyl groups excluding tert-OH is 1. The highest BCUT2D eigenvalue weighted by atomic mass is 32.2. The number of hydrogen-bond donors (Lipinski definition) is 2. The minimum Gasteiger partial charge on any atom is -0.394 e. The first kappa shape index (κ1) is 20.9. The number of hydrogen-bond acceptors (Lipinski definition) is 8. The normalized spacial score (nSPS) is 21.6. The first-order valence-corrected chi connectivity index (χ1v) is 12.3. The second-order valence-corrected chi connectivity index (χ2v) is 10.6. The molecule has 2 amide bonds. The average Bonchev–Trinajstić information content (AvgIpc) is 3.12. The van der Waals surface area contributed by atoms with E-state index in [0.29, 0.717) is 36.3 Å². The van der Waals surface area contributed by atoms with E-state index in [1.807, 2.05) is 23.5 Å². The molecule has 7 nitrogen and oxygen atoms in total. The molecule has 3 heterocycles. The van der Waals surface area contributed by atoms with Gasteiger partial charge in [-0.15, -0.1) is 0 Å². The van der Waals surface area contributed by atoms with Crippen LogP contribution in [0.1, 0.15) is 29.6 Å². The Hall–Kier alpha value is -0.840. The third-order valence-electron chi connectivity index (χ3n) is 4.55. The molecule has 150 valence electrons. The van der Waals surface area contributed by atoms with E-state index < -0.39 is 5.54 Å². The first-order valence-electron chi connectivity index (χ1n) is 8.99. The SMILES string of the molecule is CCSCc1cc(C(=O)NC2(CO)CN(C(=O)CC3CSCCS3)C2)no1. The van der Waals surface area contributed by atoms with Crippen LogP contribution in [-0.2, 0) is 10.5 Å². The molecule has 27 heavy (non-hydrogen) atoms. The van der Waals surface area contributed by atoms with Gasteiger partial charge < -0.3 is 19.8 Å². The Bertz CT molecular complexity index is 658. The number of rotatable bonds is 8. The van der Waals surface area contributed by atoms with E-state index in [2.05, 4.69) is 17.4 Å². The number of nitrogens with zero attached hydrogens (tertiary/aromatic N) is 2. The molecule has 1 unspecified atom stereocenters. The molecular formula is C17H25N3O4S3. The summed E-state index contributed by atoms with van der Waals surface area (Å²) in [5.74, 6) is 5.24. The van der Waals surface area contributed by atoms with Crippen LogP contribution in [0.4, 0.5) is 0 Å². The molecule has 2 aliphatic heterocycles. The zero-order chi connectivity index (χ0) is 19.3. The van der Waals surface area contributed by atoms with Gasteiger partial charge in [0.15, 0.2) is 5.69 Å². The van der Waals surface area contributed by atoms with Crippen molar-refractivity contribution in [2.24, 2.45) is 0 Å². The Morgan fingerprint density at radius 3 is 2.96 bits per heavy atom. The molecule has 2 fully saturated rings. The smallest absolute Gasteiger partial charge is 0.274 e. The van der Waals surface area contributed by atoms with Gasteiger partial charge in [0.25, 0.3) is 5.91 Å². The minimum atomic E-state index is -0.793. The van der Waals surface area contributed by atoms with Gasteiger partial charge in [-0.1, -0.05) is 12.1 Å². The van der Waals surface area contributed by atoms with Gasteiger partial charge in [-0.05, 0) is 5.75 Å². The van der Waals surface area contributed by atoms with Gasteiger partial charge in [-0.3, -0.25) is 9.59 Å². The van der Waals surface area contributed by atoms with Crippen molar-refractivity contribution in [3.63, 3.8) is 0 Å². The number of thioether (sulfide) groups is 3. The molecule has 0 spiro atoms. The third-order valence-corrected chi connectivity index (χ3v) is 8.29. The Kier molecular flexibility index (Phi) is 7.41. The highest BCUT2D eigenvalue weighted by Gasteiger charge is 2.46. The molecule has 0 aliphatic carbocycles. The van der Waals surface area contributed by atoms with E-state index in [9.17, 15) is 14.7 Å². The van der Waals surface area contributed by atoms with Crippen molar-refractivity contribution in [1.29, 1.82) is 0 Å². The van der Waals surface area contributed by atoms with Crippen LogP contribution in [0.25, 0.3) is 0 Å². The molecule has 0 radical (unpaired) electrons. The summed E-state index contributed by atoms with van der Waals surface area (Å²) in [6, 6.07) is 1.63. The maximum atomic E-state index is 12.4. The number of amides is 2. The van der Waals surface area contributed by atoms with Crippen molar-refractivity contribution in [3.8, 4) is 0 Å². The molecule has 3 rings (SSSR count). The Balaban J connectivity index is 1.49. The summed E-state index contributed by atoms with van der Waals surface area (Å²) in [6.45, 7) is 2.49. The molecule has 10 heteroatoms. The molecule has 0 bridgehead atoms. The number of aliphatic hydroxyl groups is 1. The van der Waals surface area contributed by atoms with Crippen LogP contribution in [0.5, 0.6) is 0 Å². The van der Waals surface area contributed by atoms with Crippen molar-refractivity contribution < 1.29 is 19.2 Å². The van der Waals surface area contributed by atoms with Gasteiger partial charge in [0, 0.05) is 48.1 Å². The fraction of sp³-hybridized carbons (Fsp3) is 0.706. The van der Waals surface area contributed by atoms with Crippen LogP contribution in [0.3, 0.4) is 0 Å². The van der Waals surface area contributed by atoms with Crippen LogP contribution in [0.2, 0.25) is 0 Å². The van der Waals surface area contributed by atoms with E-state index in [-0.39, 0.29) is 24.1 Å². The lowest BCUT2D eigenvalue weighted by Gasteiger charge is -2.49. The van der Waals surface area contributed by atoms with Crippen LogP contribution < -0.4 is 5.32 Å². The monoisotopic (exact) mass is 431 g/mol. The number of likely N-dealkylation sites (tertiary alicyclic amines) is 1. The lowest BCUT2D eigenvalue weighted by atomic mass is 9.90. The summed E-state index contributed by atoms with van der Waals surface area (Å²) in [5.41, 5.74) is -0.590. The highest BCUT2D eigenvalue weighted by molar-refractivity contribution is 8.06. The maximum absolute atomic E-state index is 12.4. The number of nitrogens with one attached hydrogen (secondary N) is 1. The summed E-state index contributed by atoms with van der Waals surface area (Å²) in [6.07, 6.45) is 0.523. The lowest BCUT2D eigenvalue weighted by Crippen LogP contribution is -2.73. The van der Waals surface area contributed by atoms with Gasteiger partial charge in [0.1, 0.15) is 5.76 Å². The Morgan fingerprint density at radius 2 is 2.30 bits per heavy atom. The molecule has 1 aromatic rings. The second-order valence-electron chi connectivity index (χ2n) is 6.73. The lowest BCUT2D eigenvalue weighted by molar-refractivity contribution is -0.140. The molecule has 0 aromatic carbocycles. The van der Waals surface area contributed by atoms with E-state index in [1.54, 1.807) is 22.7 Å². The van der Waals surface area contributed by atoms with E-state index in [4.69, 9.17) is 4.52 Å². The Labute approximate surface area is 171 Å². The largest absolute Gasteiger partial charge is 0.394 e. The third kappa shape index (κ3) is 5.36. The number of aromatic nitrogens is 1. The molecule has 2 N–H and O–H groups in total. The molecule has 0 saturated carbocycles. The topological polar surface area (TPSA) is 95.7 Å². The quantitative estimate of drug-likeness (QED) is 0.639. The van der Waals surface area contributed by atoms with E-state index in [0.717, 1.165) is 23.0 Å². The fourth-order valence-corrected chi connectivity index (χ4v) is 6.27. The van der Waals surface area contributed by atoms with Crippen molar-refractivity contribution in [2.75, 3.05) is 42.7 Å². The van der Waals surface area contributed by atoms with Gasteiger partial charge in [-0.2, -0.15) is 35.3 Å². The molecular weight excluding hydrogens is 406 g/mol. The molecule has 2 saturated heterocycles. The predicted molar refractivity (Wildman–Crippen MR) is 110 cm³/mol. The summed E-state index contributed by atoms with van der Waals surface area (Å²) in [7, 11) is 0. The fourth-order valence-electron chi connectivity index (χ4n) is 3.05. The van der Waals surface area contributed by atoms with Crippen molar-refractivity contribution in [1.82, 2.24) is 15.4 Å². The van der Waals surface area contributed by atoms with Crippen LogP contribution in [0.15, 0.2) is 10.6 Å². The van der Waals surface area contributed by atoms with E-state index >= 15 is 0 Å². The van der Waals surface area contributed by atoms with Crippen LogP contribution in [0, 0.1) is 0 Å². The van der Waals surface area contributed by atoms with Gasteiger partial charge in [0.05, 0.1) is 17.9 Å². The molecule has 1 atom stereocenters. The van der Waals surface area contributed by atoms with E-state index in [1.165, 1.54) is 0 Å². The maximum Gasteiger partial charge on any atom is 0.274 e. The van der Waals surface area contributed by atoms with Gasteiger partial charge in [-0.25, -0.2) is 0 Å². The minimum absolute atomic E-state index is 0.0913. The summed E-state index contributed by atoms with van der Waals surface area (Å²) in [5, 5.41) is 16.8. The second kappa shape index (κ2) is 9.58. The number of carbonyl (C=O) groups is 2. The average molecular weight is 432 g/mol. The zero-order valence-electron chi connectivity index (χ0n) is 15.3. The summed E-state index contributed by atoms with van der Waals surface area (Å²) in [4.78, 5) is 26.6. The predicted octanol–water partition coefficient (Wildman–Crippen LogP) is 1.47. The van der Waals surface area contributed by atoms with Gasteiger partial charge in [0.2, 0.25) is 5.91 Å². The Morgan fingerprint density at radius 1 is 1.48 bits per heavy atom. The first-order chi connectivity index (χ1) is 13.0. The molecule has 1 aromatic heterocycles.